The van der Waals surface area contributed by atoms with E-state index in [1.54, 1.807) is 24.3 Å². The molecule has 3 rings (SSSR count). The van der Waals surface area contributed by atoms with Gasteiger partial charge >= 0.3 is 0 Å². The van der Waals surface area contributed by atoms with Crippen LogP contribution in [0.1, 0.15) is 18.4 Å². The molecule has 0 aromatic heterocycles. The van der Waals surface area contributed by atoms with Gasteiger partial charge in [-0.1, -0.05) is 24.3 Å². The molecule has 1 aliphatic carbocycles. The fourth-order valence-electron chi connectivity index (χ4n) is 2.85. The Labute approximate surface area is 111 Å². The maximum atomic E-state index is 12.4. The number of carbonyl (C=O) groups excluding carboxylic acids is 2. The van der Waals surface area contributed by atoms with E-state index < -0.39 is 0 Å². The molecular formula is C15H15NO3. The second kappa shape index (κ2) is 4.63. The molecule has 1 heterocycles. The summed E-state index contributed by atoms with van der Waals surface area (Å²) in [6, 6.07) is 6.95. The maximum absolute atomic E-state index is 12.4. The molecule has 2 aliphatic rings. The van der Waals surface area contributed by atoms with Crippen LogP contribution in [-0.4, -0.2) is 16.9 Å². The van der Waals surface area contributed by atoms with Crippen LogP contribution in [-0.2, 0) is 16.2 Å². The Hall–Kier alpha value is -1.94. The van der Waals surface area contributed by atoms with E-state index in [1.807, 2.05) is 12.2 Å². The molecule has 2 amide bonds. The predicted molar refractivity (Wildman–Crippen MR) is 70.2 cm³/mol. The third-order valence-electron chi connectivity index (χ3n) is 3.86. The number of fused-ring (bicyclic) bond motifs is 1. The zero-order chi connectivity index (χ0) is 13.4. The third kappa shape index (κ3) is 1.88. The zero-order valence-electron chi connectivity index (χ0n) is 10.5. The minimum atomic E-state index is -0.213. The molecule has 1 aromatic carbocycles. The lowest BCUT2D eigenvalue weighted by Crippen LogP contribution is -2.30. The number of carbonyl (C=O) groups is 2. The molecule has 0 unspecified atom stereocenters. The Bertz CT molecular complexity index is 538. The van der Waals surface area contributed by atoms with E-state index in [1.165, 1.54) is 4.90 Å². The molecule has 0 radical (unpaired) electrons. The van der Waals surface area contributed by atoms with Gasteiger partial charge in [0.15, 0.2) is 0 Å². The van der Waals surface area contributed by atoms with E-state index in [4.69, 9.17) is 5.11 Å². The molecule has 4 nitrogen and oxygen atoms in total. The van der Waals surface area contributed by atoms with Crippen molar-refractivity contribution in [1.82, 2.24) is 0 Å². The van der Waals surface area contributed by atoms with Gasteiger partial charge in [0.2, 0.25) is 11.8 Å². The second-order valence-corrected chi connectivity index (χ2v) is 5.00. The summed E-state index contributed by atoms with van der Waals surface area (Å²) < 4.78 is 0. The molecule has 1 N–H and O–H groups in total. The molecule has 0 bridgehead atoms. The average molecular weight is 257 g/mol. The highest BCUT2D eigenvalue weighted by Gasteiger charge is 2.47. The molecule has 0 saturated carbocycles. The number of aliphatic hydroxyl groups excluding tert-OH is 1. The minimum Gasteiger partial charge on any atom is -0.392 e. The molecule has 1 saturated heterocycles. The van der Waals surface area contributed by atoms with Gasteiger partial charge in [-0.05, 0) is 30.5 Å². The van der Waals surface area contributed by atoms with Crippen molar-refractivity contribution in [2.45, 2.75) is 19.4 Å². The number of imide groups is 1. The molecule has 1 aromatic rings. The summed E-state index contributed by atoms with van der Waals surface area (Å²) >= 11 is 0. The highest BCUT2D eigenvalue weighted by atomic mass is 16.3. The minimum absolute atomic E-state index is 0.0987. The van der Waals surface area contributed by atoms with E-state index in [0.29, 0.717) is 24.1 Å². The van der Waals surface area contributed by atoms with Crippen molar-refractivity contribution in [3.05, 3.63) is 42.0 Å². The number of benzene rings is 1. The smallest absolute Gasteiger partial charge is 0.238 e. The van der Waals surface area contributed by atoms with Crippen molar-refractivity contribution in [3.63, 3.8) is 0 Å². The standard InChI is InChI=1S/C15H15NO3/c17-9-10-4-3-5-11(8-10)16-14(18)12-6-1-2-7-13(12)15(16)19/h1-5,8,12-13,17H,6-7,9H2/t12-,13+. The second-order valence-electron chi connectivity index (χ2n) is 5.00. The SMILES string of the molecule is O=C1[C@H]2CC=CC[C@H]2C(=O)N1c1cccc(CO)c1. The van der Waals surface area contributed by atoms with Gasteiger partial charge < -0.3 is 5.11 Å². The molecule has 98 valence electrons. The Morgan fingerprint density at radius 3 is 2.32 bits per heavy atom. The number of anilines is 1. The van der Waals surface area contributed by atoms with Gasteiger partial charge in [0.05, 0.1) is 24.1 Å². The quantitative estimate of drug-likeness (QED) is 0.647. The van der Waals surface area contributed by atoms with E-state index >= 15 is 0 Å². The van der Waals surface area contributed by atoms with Crippen LogP contribution >= 0.6 is 0 Å². The maximum Gasteiger partial charge on any atom is 0.238 e. The van der Waals surface area contributed by atoms with Crippen LogP contribution in [0, 0.1) is 11.8 Å². The highest BCUT2D eigenvalue weighted by Crippen LogP contribution is 2.37. The van der Waals surface area contributed by atoms with Gasteiger partial charge in [-0.2, -0.15) is 0 Å². The predicted octanol–water partition coefficient (Wildman–Crippen LogP) is 1.63. The van der Waals surface area contributed by atoms with Crippen molar-refractivity contribution in [2.75, 3.05) is 4.90 Å². The monoisotopic (exact) mass is 257 g/mol. The number of allylic oxidation sites excluding steroid dienone is 2. The number of aliphatic hydroxyl groups is 1. The third-order valence-corrected chi connectivity index (χ3v) is 3.86. The fraction of sp³-hybridized carbons (Fsp3) is 0.333. The molecule has 4 heteroatoms. The number of rotatable bonds is 2. The summed E-state index contributed by atoms with van der Waals surface area (Å²) in [6.45, 7) is -0.0987. The number of nitrogens with zero attached hydrogens (tertiary/aromatic N) is 1. The molecule has 19 heavy (non-hydrogen) atoms. The van der Waals surface area contributed by atoms with Crippen molar-refractivity contribution in [3.8, 4) is 0 Å². The van der Waals surface area contributed by atoms with Gasteiger partial charge in [0.25, 0.3) is 0 Å². The van der Waals surface area contributed by atoms with E-state index in [0.717, 1.165) is 0 Å². The van der Waals surface area contributed by atoms with E-state index in [9.17, 15) is 9.59 Å². The van der Waals surface area contributed by atoms with Gasteiger partial charge in [-0.15, -0.1) is 0 Å². The van der Waals surface area contributed by atoms with Crippen LogP contribution in [0.15, 0.2) is 36.4 Å². The lowest BCUT2D eigenvalue weighted by Gasteiger charge is -2.15. The number of hydrogen-bond donors (Lipinski definition) is 1. The summed E-state index contributed by atoms with van der Waals surface area (Å²) in [5.41, 5.74) is 1.27. The van der Waals surface area contributed by atoms with Crippen LogP contribution < -0.4 is 4.90 Å². The Morgan fingerprint density at radius 2 is 1.74 bits per heavy atom. The first-order chi connectivity index (χ1) is 9.22. The first-order valence-corrected chi connectivity index (χ1v) is 6.45. The summed E-state index contributed by atoms with van der Waals surface area (Å²) in [5.74, 6) is -0.658. The van der Waals surface area contributed by atoms with E-state index in [2.05, 4.69) is 0 Å². The molecule has 1 fully saturated rings. The molecule has 1 aliphatic heterocycles. The number of amides is 2. The topological polar surface area (TPSA) is 57.6 Å². The Morgan fingerprint density at radius 1 is 1.11 bits per heavy atom. The van der Waals surface area contributed by atoms with Crippen molar-refractivity contribution < 1.29 is 14.7 Å². The zero-order valence-corrected chi connectivity index (χ0v) is 10.5. The lowest BCUT2D eigenvalue weighted by atomic mass is 9.85. The van der Waals surface area contributed by atoms with Crippen LogP contribution in [0.4, 0.5) is 5.69 Å². The number of hydrogen-bond acceptors (Lipinski definition) is 3. The largest absolute Gasteiger partial charge is 0.392 e. The van der Waals surface area contributed by atoms with Crippen LogP contribution in [0.3, 0.4) is 0 Å². The Kier molecular flexibility index (Phi) is 2.95. The lowest BCUT2D eigenvalue weighted by molar-refractivity contribution is -0.122. The van der Waals surface area contributed by atoms with Crippen molar-refractivity contribution >= 4 is 17.5 Å². The molecular weight excluding hydrogens is 242 g/mol. The first-order valence-electron chi connectivity index (χ1n) is 6.45. The molecule has 2 atom stereocenters. The van der Waals surface area contributed by atoms with Gasteiger partial charge in [0.1, 0.15) is 0 Å². The average Bonchev–Trinajstić information content (AvgIpc) is 2.72. The van der Waals surface area contributed by atoms with Gasteiger partial charge in [0, 0.05) is 0 Å². The Balaban J connectivity index is 1.97. The molecule has 0 spiro atoms. The summed E-state index contributed by atoms with van der Waals surface area (Å²) in [4.78, 5) is 26.0. The highest BCUT2D eigenvalue weighted by molar-refractivity contribution is 6.22. The fourth-order valence-corrected chi connectivity index (χ4v) is 2.85. The normalized spacial score (nSPS) is 25.8. The van der Waals surface area contributed by atoms with Crippen molar-refractivity contribution in [1.29, 1.82) is 0 Å². The van der Waals surface area contributed by atoms with Gasteiger partial charge in [-0.25, -0.2) is 0 Å². The summed E-state index contributed by atoms with van der Waals surface area (Å²) in [7, 11) is 0. The summed E-state index contributed by atoms with van der Waals surface area (Å²) in [6.07, 6.45) is 5.23. The van der Waals surface area contributed by atoms with E-state index in [-0.39, 0.29) is 30.3 Å². The van der Waals surface area contributed by atoms with Crippen LogP contribution in [0.25, 0.3) is 0 Å². The van der Waals surface area contributed by atoms with Crippen LogP contribution in [0.2, 0.25) is 0 Å². The van der Waals surface area contributed by atoms with Crippen molar-refractivity contribution in [2.24, 2.45) is 11.8 Å². The summed E-state index contributed by atoms with van der Waals surface area (Å²) in [5, 5.41) is 9.14. The van der Waals surface area contributed by atoms with Crippen LogP contribution in [0.5, 0.6) is 0 Å². The van der Waals surface area contributed by atoms with Gasteiger partial charge in [-0.3, -0.25) is 14.5 Å². The first kappa shape index (κ1) is 12.1.